The SMILES string of the molecule is CCCCCCCC[Si]1(CCCCCCCC)c2cc(C)sc2-c2sc(-c3ccc(-c4ccc(C)s4)s3)cc21. The van der Waals surface area contributed by atoms with Crippen LogP contribution < -0.4 is 10.4 Å². The van der Waals surface area contributed by atoms with Crippen molar-refractivity contribution in [3.63, 3.8) is 0 Å². The van der Waals surface area contributed by atoms with E-state index in [0.717, 1.165) is 0 Å². The largest absolute Gasteiger partial charge is 0.140 e. The normalized spacial score (nSPS) is 13.7. The molecule has 5 rings (SSSR count). The van der Waals surface area contributed by atoms with Gasteiger partial charge < -0.3 is 0 Å². The molecule has 4 aromatic rings. The lowest BCUT2D eigenvalue weighted by Gasteiger charge is -2.29. The molecule has 0 bridgehead atoms. The third kappa shape index (κ3) is 6.59. The van der Waals surface area contributed by atoms with Crippen LogP contribution in [0.2, 0.25) is 12.1 Å². The van der Waals surface area contributed by atoms with Gasteiger partial charge in [-0.3, -0.25) is 0 Å². The van der Waals surface area contributed by atoms with Crippen LogP contribution in [0.4, 0.5) is 0 Å². The summed E-state index contributed by atoms with van der Waals surface area (Å²) in [6.45, 7) is 9.22. The van der Waals surface area contributed by atoms with Crippen LogP contribution in [0.3, 0.4) is 0 Å². The second kappa shape index (κ2) is 13.8. The average molecular weight is 611 g/mol. The Balaban J connectivity index is 1.43. The smallest absolute Gasteiger partial charge is 0.122 e. The maximum Gasteiger partial charge on any atom is 0.122 e. The Morgan fingerprint density at radius 1 is 0.487 bits per heavy atom. The number of rotatable bonds is 16. The maximum absolute atomic E-state index is 2.69. The zero-order valence-corrected chi connectivity index (χ0v) is 28.8. The highest BCUT2D eigenvalue weighted by molar-refractivity contribution is 7.32. The molecule has 5 heteroatoms. The average Bonchev–Trinajstić information content (AvgIpc) is 3.73. The fourth-order valence-corrected chi connectivity index (χ4v) is 17.9. The highest BCUT2D eigenvalue weighted by Gasteiger charge is 2.47. The van der Waals surface area contributed by atoms with Crippen molar-refractivity contribution in [1.29, 1.82) is 0 Å². The number of unbranched alkanes of at least 4 members (excludes halogenated alkanes) is 10. The molecule has 0 unspecified atom stereocenters. The molecule has 4 aromatic heterocycles. The van der Waals surface area contributed by atoms with Gasteiger partial charge in [-0.05, 0) is 72.7 Å². The Morgan fingerprint density at radius 3 is 1.62 bits per heavy atom. The highest BCUT2D eigenvalue weighted by Crippen LogP contribution is 2.47. The monoisotopic (exact) mass is 610 g/mol. The number of aryl methyl sites for hydroxylation is 2. The summed E-state index contributed by atoms with van der Waals surface area (Å²) in [5, 5.41) is 3.63. The summed E-state index contributed by atoms with van der Waals surface area (Å²) in [6.07, 6.45) is 16.9. The zero-order valence-electron chi connectivity index (χ0n) is 24.5. The molecule has 0 radical (unpaired) electrons. The first kappa shape index (κ1) is 29.5. The molecule has 0 N–H and O–H groups in total. The van der Waals surface area contributed by atoms with E-state index in [4.69, 9.17) is 0 Å². The number of thiophene rings is 4. The van der Waals surface area contributed by atoms with E-state index in [9.17, 15) is 0 Å². The highest BCUT2D eigenvalue weighted by atomic mass is 32.1. The van der Waals surface area contributed by atoms with Gasteiger partial charge in [-0.2, -0.15) is 0 Å². The zero-order chi connectivity index (χ0) is 27.2. The van der Waals surface area contributed by atoms with Crippen molar-refractivity contribution >= 4 is 63.8 Å². The minimum Gasteiger partial charge on any atom is -0.140 e. The van der Waals surface area contributed by atoms with Crippen LogP contribution in [0.1, 0.15) is 101 Å². The number of hydrogen-bond acceptors (Lipinski definition) is 4. The summed E-state index contributed by atoms with van der Waals surface area (Å²) in [5.41, 5.74) is 0. The molecule has 1 aliphatic heterocycles. The predicted molar refractivity (Wildman–Crippen MR) is 185 cm³/mol. The van der Waals surface area contributed by atoms with Crippen molar-refractivity contribution in [1.82, 2.24) is 0 Å². The van der Waals surface area contributed by atoms with Gasteiger partial charge in [0.05, 0.1) is 0 Å². The van der Waals surface area contributed by atoms with E-state index in [0.29, 0.717) is 0 Å². The van der Waals surface area contributed by atoms with E-state index in [1.807, 2.05) is 33.0 Å². The van der Waals surface area contributed by atoms with Gasteiger partial charge in [-0.15, -0.1) is 45.3 Å². The predicted octanol–water partition coefficient (Wildman–Crippen LogP) is 12.1. The van der Waals surface area contributed by atoms with Gasteiger partial charge in [0.2, 0.25) is 0 Å². The molecule has 1 aliphatic rings. The molecule has 210 valence electrons. The first-order chi connectivity index (χ1) is 19.1. The molecule has 39 heavy (non-hydrogen) atoms. The fraction of sp³-hybridized carbons (Fsp3) is 0.529. The molecule has 5 heterocycles. The van der Waals surface area contributed by atoms with Crippen molar-refractivity contribution in [2.45, 2.75) is 117 Å². The van der Waals surface area contributed by atoms with Crippen LogP contribution >= 0.6 is 45.3 Å². The van der Waals surface area contributed by atoms with Gasteiger partial charge in [0.15, 0.2) is 0 Å². The summed E-state index contributed by atoms with van der Waals surface area (Å²) in [7, 11) is -1.73. The molecular weight excluding hydrogens is 565 g/mol. The van der Waals surface area contributed by atoms with E-state index in [-0.39, 0.29) is 0 Å². The minimum absolute atomic E-state index is 1.34. The Labute approximate surface area is 254 Å². The van der Waals surface area contributed by atoms with Crippen molar-refractivity contribution in [2.75, 3.05) is 0 Å². The first-order valence-corrected chi connectivity index (χ1v) is 21.2. The standard InChI is InChI=1S/C34H46S4Si/c1-5-7-9-11-13-15-21-39(22-16-14-12-10-8-6-2)31-23-26(4)36-33(31)34-32(39)24-30(38-34)29-20-19-28(37-29)27-18-17-25(3)35-27/h17-20,23-24H,5-16,21-22H2,1-4H3. The molecule has 0 saturated carbocycles. The third-order valence-corrected chi connectivity index (χ3v) is 19.0. The lowest BCUT2D eigenvalue weighted by atomic mass is 10.1. The third-order valence-electron chi connectivity index (χ3n) is 8.57. The Bertz CT molecular complexity index is 1320. The Kier molecular flexibility index (Phi) is 10.4. The van der Waals surface area contributed by atoms with Crippen LogP contribution in [-0.2, 0) is 0 Å². The van der Waals surface area contributed by atoms with E-state index in [1.165, 1.54) is 118 Å². The molecular formula is C34H46S4Si. The quantitative estimate of drug-likeness (QED) is 0.0874. The van der Waals surface area contributed by atoms with Gasteiger partial charge in [0, 0.05) is 39.0 Å². The lowest BCUT2D eigenvalue weighted by molar-refractivity contribution is 0.616. The van der Waals surface area contributed by atoms with Gasteiger partial charge in [0.25, 0.3) is 0 Å². The Hall–Kier alpha value is -0.983. The summed E-state index contributed by atoms with van der Waals surface area (Å²) in [4.78, 5) is 12.1. The van der Waals surface area contributed by atoms with Crippen LogP contribution in [-0.4, -0.2) is 8.07 Å². The molecule has 0 saturated heterocycles. The molecule has 0 amide bonds. The maximum atomic E-state index is 2.69. The minimum atomic E-state index is -1.73. The summed E-state index contributed by atoms with van der Waals surface area (Å²) in [6, 6.07) is 17.5. The fourth-order valence-electron chi connectivity index (χ4n) is 6.47. The van der Waals surface area contributed by atoms with Crippen LogP contribution in [0.15, 0.2) is 36.4 Å². The molecule has 0 atom stereocenters. The summed E-state index contributed by atoms with van der Waals surface area (Å²) >= 11 is 8.11. The number of hydrogen-bond donors (Lipinski definition) is 0. The van der Waals surface area contributed by atoms with Gasteiger partial charge in [-0.25, -0.2) is 0 Å². The lowest BCUT2D eigenvalue weighted by Crippen LogP contribution is -2.54. The second-order valence-corrected chi connectivity index (χ2v) is 20.6. The van der Waals surface area contributed by atoms with Crippen molar-refractivity contribution in [3.05, 3.63) is 46.2 Å². The first-order valence-electron chi connectivity index (χ1n) is 15.5. The summed E-state index contributed by atoms with van der Waals surface area (Å²) < 4.78 is 0. The molecule has 0 aromatic carbocycles. The van der Waals surface area contributed by atoms with Crippen molar-refractivity contribution < 1.29 is 0 Å². The Morgan fingerprint density at radius 2 is 1.00 bits per heavy atom. The topological polar surface area (TPSA) is 0 Å². The number of fused-ring (bicyclic) bond motifs is 3. The van der Waals surface area contributed by atoms with E-state index >= 15 is 0 Å². The van der Waals surface area contributed by atoms with Crippen molar-refractivity contribution in [3.8, 4) is 29.3 Å². The molecule has 0 nitrogen and oxygen atoms in total. The van der Waals surface area contributed by atoms with Gasteiger partial charge >= 0.3 is 0 Å². The molecule has 0 spiro atoms. The van der Waals surface area contributed by atoms with Gasteiger partial charge in [0.1, 0.15) is 8.07 Å². The van der Waals surface area contributed by atoms with Crippen molar-refractivity contribution in [2.24, 2.45) is 0 Å². The molecule has 0 aliphatic carbocycles. The van der Waals surface area contributed by atoms with Crippen LogP contribution in [0, 0.1) is 13.8 Å². The van der Waals surface area contributed by atoms with E-state index < -0.39 is 8.07 Å². The second-order valence-electron chi connectivity index (χ2n) is 11.6. The van der Waals surface area contributed by atoms with Gasteiger partial charge in [-0.1, -0.05) is 90.9 Å². The van der Waals surface area contributed by atoms with E-state index in [2.05, 4.69) is 86.8 Å². The van der Waals surface area contributed by atoms with Crippen LogP contribution in [0.5, 0.6) is 0 Å². The molecule has 0 fully saturated rings. The van der Waals surface area contributed by atoms with E-state index in [1.54, 1.807) is 9.75 Å². The summed E-state index contributed by atoms with van der Waals surface area (Å²) in [5.74, 6) is 0. The van der Waals surface area contributed by atoms with Crippen LogP contribution in [0.25, 0.3) is 29.3 Å².